The molecule has 1 heterocycles. The number of aryl methyl sites for hydroxylation is 1. The van der Waals surface area contributed by atoms with E-state index in [4.69, 9.17) is 0 Å². The van der Waals surface area contributed by atoms with Gasteiger partial charge in [-0.15, -0.1) is 0 Å². The summed E-state index contributed by atoms with van der Waals surface area (Å²) in [5.41, 5.74) is 3.66. The maximum absolute atomic E-state index is 10.2. The molecule has 2 aromatic rings. The van der Waals surface area contributed by atoms with Crippen LogP contribution in [0.25, 0.3) is 0 Å². The number of halogens is 1. The van der Waals surface area contributed by atoms with Crippen molar-refractivity contribution in [3.8, 4) is 5.75 Å². The molecule has 3 heteroatoms. The summed E-state index contributed by atoms with van der Waals surface area (Å²) < 4.78 is 1.00. The van der Waals surface area contributed by atoms with Crippen LogP contribution in [0, 0.1) is 0 Å². The van der Waals surface area contributed by atoms with E-state index in [2.05, 4.69) is 58.9 Å². The minimum Gasteiger partial charge on any atom is -0.508 e. The number of para-hydroxylation sites is 1. The predicted molar refractivity (Wildman–Crippen MR) is 90.9 cm³/mol. The minimum atomic E-state index is 0.138. The van der Waals surface area contributed by atoms with E-state index >= 15 is 0 Å². The molecule has 21 heavy (non-hydrogen) atoms. The van der Waals surface area contributed by atoms with Crippen LogP contribution in [-0.2, 0) is 6.42 Å². The zero-order valence-corrected chi connectivity index (χ0v) is 14.0. The summed E-state index contributed by atoms with van der Waals surface area (Å²) in [5.74, 6) is 0.362. The van der Waals surface area contributed by atoms with Crippen molar-refractivity contribution in [1.29, 1.82) is 0 Å². The zero-order chi connectivity index (χ0) is 15.0. The second-order valence-electron chi connectivity index (χ2n) is 5.80. The summed E-state index contributed by atoms with van der Waals surface area (Å²) in [6, 6.07) is 14.9. The average Bonchev–Trinajstić information content (AvgIpc) is 2.49. The lowest BCUT2D eigenvalue weighted by molar-refractivity contribution is 0.449. The fraction of sp³-hybridized carbons (Fsp3) is 0.333. The van der Waals surface area contributed by atoms with Gasteiger partial charge in [0.1, 0.15) is 5.75 Å². The largest absolute Gasteiger partial charge is 0.508 e. The first-order valence-electron chi connectivity index (χ1n) is 7.42. The molecule has 110 valence electrons. The normalized spacial score (nSPS) is 19.2. The molecule has 2 aromatic carbocycles. The number of anilines is 1. The van der Waals surface area contributed by atoms with Crippen molar-refractivity contribution in [3.63, 3.8) is 0 Å². The highest BCUT2D eigenvalue weighted by atomic mass is 79.9. The highest BCUT2D eigenvalue weighted by Gasteiger charge is 2.28. The third-order valence-electron chi connectivity index (χ3n) is 4.43. The predicted octanol–water partition coefficient (Wildman–Crippen LogP) is 5.06. The van der Waals surface area contributed by atoms with E-state index in [1.165, 1.54) is 11.3 Å². The Hall–Kier alpha value is -1.48. The van der Waals surface area contributed by atoms with Crippen molar-refractivity contribution in [3.05, 3.63) is 58.1 Å². The van der Waals surface area contributed by atoms with Crippen LogP contribution in [-0.4, -0.2) is 11.1 Å². The molecule has 1 aliphatic rings. The van der Waals surface area contributed by atoms with Gasteiger partial charge >= 0.3 is 0 Å². The maximum Gasteiger partial charge on any atom is 0.120 e. The van der Waals surface area contributed by atoms with Crippen molar-refractivity contribution >= 4 is 21.6 Å². The summed E-state index contributed by atoms with van der Waals surface area (Å²) in [7, 11) is 0. The number of aromatic hydroxyl groups is 1. The lowest BCUT2D eigenvalue weighted by Gasteiger charge is -2.41. The van der Waals surface area contributed by atoms with Crippen molar-refractivity contribution in [2.45, 2.75) is 38.8 Å². The highest BCUT2D eigenvalue weighted by molar-refractivity contribution is 9.10. The van der Waals surface area contributed by atoms with E-state index in [0.717, 1.165) is 22.9 Å². The second-order valence-corrected chi connectivity index (χ2v) is 6.72. The average molecular weight is 346 g/mol. The molecule has 1 N–H and O–H groups in total. The first-order valence-corrected chi connectivity index (χ1v) is 8.22. The molecule has 2 nitrogen and oxygen atoms in total. The van der Waals surface area contributed by atoms with Crippen LogP contribution >= 0.6 is 15.9 Å². The molecular formula is C18H20BrNO. The highest BCUT2D eigenvalue weighted by Crippen LogP contribution is 2.39. The molecule has 0 aromatic heterocycles. The minimum absolute atomic E-state index is 0.138. The van der Waals surface area contributed by atoms with E-state index in [0.29, 0.717) is 11.8 Å². The SMILES string of the molecule is CC1CCc2ccccc2N1C(C)c1cc(Br)ccc1O. The zero-order valence-electron chi connectivity index (χ0n) is 12.4. The number of nitrogens with zero attached hydrogens (tertiary/aromatic N) is 1. The number of benzene rings is 2. The Morgan fingerprint density at radius 3 is 2.81 bits per heavy atom. The molecule has 0 fully saturated rings. The summed E-state index contributed by atoms with van der Waals surface area (Å²) in [6.07, 6.45) is 2.28. The van der Waals surface area contributed by atoms with Gasteiger partial charge in [0.2, 0.25) is 0 Å². The number of phenols is 1. The summed E-state index contributed by atoms with van der Waals surface area (Å²) in [4.78, 5) is 2.43. The molecule has 3 rings (SSSR count). The third-order valence-corrected chi connectivity index (χ3v) is 4.93. The van der Waals surface area contributed by atoms with E-state index in [1.807, 2.05) is 12.1 Å². The van der Waals surface area contributed by atoms with Crippen molar-refractivity contribution in [2.75, 3.05) is 4.90 Å². The molecule has 1 aliphatic heterocycles. The Balaban J connectivity index is 2.04. The van der Waals surface area contributed by atoms with E-state index in [9.17, 15) is 5.11 Å². The Bertz CT molecular complexity index is 655. The van der Waals surface area contributed by atoms with E-state index in [1.54, 1.807) is 6.07 Å². The van der Waals surface area contributed by atoms with E-state index < -0.39 is 0 Å². The standard InChI is InChI=1S/C18H20BrNO/c1-12-7-8-14-5-3-4-6-17(14)20(12)13(2)16-11-15(19)9-10-18(16)21/h3-6,9-13,21H,7-8H2,1-2H3. The van der Waals surface area contributed by atoms with Crippen LogP contribution in [0.2, 0.25) is 0 Å². The van der Waals surface area contributed by atoms with Crippen LogP contribution < -0.4 is 4.90 Å². The van der Waals surface area contributed by atoms with Crippen LogP contribution in [0.5, 0.6) is 5.75 Å². The van der Waals surface area contributed by atoms with Crippen LogP contribution in [0.4, 0.5) is 5.69 Å². The quantitative estimate of drug-likeness (QED) is 0.822. The van der Waals surface area contributed by atoms with Crippen molar-refractivity contribution in [1.82, 2.24) is 0 Å². The molecule has 0 amide bonds. The molecular weight excluding hydrogens is 326 g/mol. The van der Waals surface area contributed by atoms with Gasteiger partial charge in [0.15, 0.2) is 0 Å². The first kappa shape index (κ1) is 14.5. The molecule has 0 spiro atoms. The lowest BCUT2D eigenvalue weighted by atomic mass is 9.93. The van der Waals surface area contributed by atoms with Gasteiger partial charge in [-0.2, -0.15) is 0 Å². The molecule has 0 radical (unpaired) electrons. The van der Waals surface area contributed by atoms with Crippen LogP contribution in [0.1, 0.15) is 37.4 Å². The summed E-state index contributed by atoms with van der Waals surface area (Å²) in [6.45, 7) is 4.43. The van der Waals surface area contributed by atoms with Gasteiger partial charge in [-0.1, -0.05) is 34.1 Å². The maximum atomic E-state index is 10.2. The monoisotopic (exact) mass is 345 g/mol. The lowest BCUT2D eigenvalue weighted by Crippen LogP contribution is -2.39. The molecule has 0 saturated carbocycles. The Labute approximate surface area is 134 Å². The van der Waals surface area contributed by atoms with Gasteiger partial charge in [-0.25, -0.2) is 0 Å². The number of rotatable bonds is 2. The van der Waals surface area contributed by atoms with Crippen molar-refractivity contribution in [2.24, 2.45) is 0 Å². The van der Waals surface area contributed by atoms with Gasteiger partial charge < -0.3 is 10.0 Å². The fourth-order valence-corrected chi connectivity index (χ4v) is 3.69. The molecule has 0 bridgehead atoms. The van der Waals surface area contributed by atoms with E-state index in [-0.39, 0.29) is 6.04 Å². The topological polar surface area (TPSA) is 23.5 Å². The number of hydrogen-bond donors (Lipinski definition) is 1. The second kappa shape index (κ2) is 5.72. The number of fused-ring (bicyclic) bond motifs is 1. The van der Waals surface area contributed by atoms with Crippen molar-refractivity contribution < 1.29 is 5.11 Å². The molecule has 0 aliphatic carbocycles. The van der Waals surface area contributed by atoms with Crippen LogP contribution in [0.15, 0.2) is 46.9 Å². The van der Waals surface area contributed by atoms with Gasteiger partial charge in [0.25, 0.3) is 0 Å². The Kier molecular flexibility index (Phi) is 3.94. The fourth-order valence-electron chi connectivity index (χ4n) is 3.32. The smallest absolute Gasteiger partial charge is 0.120 e. The Morgan fingerprint density at radius 1 is 1.24 bits per heavy atom. The molecule has 2 unspecified atom stereocenters. The first-order chi connectivity index (χ1) is 10.1. The van der Waals surface area contributed by atoms with Gasteiger partial charge in [0, 0.05) is 21.8 Å². The number of phenolic OH excluding ortho intramolecular Hbond substituents is 1. The molecule has 0 saturated heterocycles. The Morgan fingerprint density at radius 2 is 2.00 bits per heavy atom. The van der Waals surface area contributed by atoms with Crippen LogP contribution in [0.3, 0.4) is 0 Å². The third kappa shape index (κ3) is 2.67. The van der Waals surface area contributed by atoms with Gasteiger partial charge in [-0.3, -0.25) is 0 Å². The number of hydrogen-bond acceptors (Lipinski definition) is 2. The van der Waals surface area contributed by atoms with Gasteiger partial charge in [0.05, 0.1) is 6.04 Å². The summed E-state index contributed by atoms with van der Waals surface area (Å²) in [5, 5.41) is 10.2. The molecule has 2 atom stereocenters. The summed E-state index contributed by atoms with van der Waals surface area (Å²) >= 11 is 3.51. The van der Waals surface area contributed by atoms with Gasteiger partial charge in [-0.05, 0) is 56.5 Å².